The molecular formula is C36H48N4O. The smallest absolute Gasteiger partial charge is 0.119 e. The summed E-state index contributed by atoms with van der Waals surface area (Å²) in [7, 11) is 0. The van der Waals surface area contributed by atoms with Crippen LogP contribution in [0.4, 0.5) is 11.4 Å². The van der Waals surface area contributed by atoms with Crippen LogP contribution in [-0.4, -0.2) is 45.9 Å². The van der Waals surface area contributed by atoms with Crippen molar-refractivity contribution in [3.05, 3.63) is 88.5 Å². The van der Waals surface area contributed by atoms with Crippen LogP contribution in [0.5, 0.6) is 5.75 Å². The van der Waals surface area contributed by atoms with Gasteiger partial charge in [-0.15, -0.1) is 0 Å². The van der Waals surface area contributed by atoms with E-state index >= 15 is 0 Å². The van der Waals surface area contributed by atoms with Crippen LogP contribution in [0.1, 0.15) is 72.0 Å². The highest BCUT2D eigenvalue weighted by atomic mass is 16.5. The Morgan fingerprint density at radius 3 is 2.22 bits per heavy atom. The van der Waals surface area contributed by atoms with E-state index in [0.717, 1.165) is 51.4 Å². The molecule has 0 aliphatic carbocycles. The van der Waals surface area contributed by atoms with Gasteiger partial charge < -0.3 is 25.2 Å². The molecule has 0 aromatic heterocycles. The van der Waals surface area contributed by atoms with Crippen molar-refractivity contribution < 1.29 is 4.74 Å². The third-order valence-corrected chi connectivity index (χ3v) is 9.56. The zero-order chi connectivity index (χ0) is 28.2. The number of piperidine rings is 2. The first-order chi connectivity index (χ1) is 20.0. The Morgan fingerprint density at radius 2 is 1.41 bits per heavy atom. The van der Waals surface area contributed by atoms with Crippen LogP contribution in [-0.2, 0) is 0 Å². The van der Waals surface area contributed by atoms with Crippen molar-refractivity contribution in [1.29, 1.82) is 0 Å². The number of benzene rings is 3. The van der Waals surface area contributed by atoms with Gasteiger partial charge in [0.1, 0.15) is 5.75 Å². The van der Waals surface area contributed by atoms with Crippen LogP contribution >= 0.6 is 0 Å². The SMILES string of the molecule is Cc1ccc(N2CCNC(c3cc(OCC4CCNC(c5cc(N6CCCCC6)ccc5C)C4)ccc3C)C2)cc1. The lowest BCUT2D eigenvalue weighted by molar-refractivity contribution is 0.192. The molecule has 0 saturated carbocycles. The van der Waals surface area contributed by atoms with Gasteiger partial charge in [0.2, 0.25) is 0 Å². The van der Waals surface area contributed by atoms with Crippen LogP contribution in [0, 0.1) is 26.7 Å². The molecule has 3 aromatic carbocycles. The van der Waals surface area contributed by atoms with E-state index in [-0.39, 0.29) is 0 Å². The molecule has 3 aromatic rings. The van der Waals surface area contributed by atoms with Gasteiger partial charge in [0.15, 0.2) is 0 Å². The number of anilines is 2. The molecule has 0 spiro atoms. The molecule has 3 unspecified atom stereocenters. The molecule has 3 saturated heterocycles. The van der Waals surface area contributed by atoms with E-state index in [9.17, 15) is 0 Å². The van der Waals surface area contributed by atoms with E-state index in [1.54, 1.807) is 0 Å². The number of nitrogens with one attached hydrogen (secondary N) is 2. The predicted octanol–water partition coefficient (Wildman–Crippen LogP) is 6.87. The molecule has 3 fully saturated rings. The predicted molar refractivity (Wildman–Crippen MR) is 172 cm³/mol. The minimum atomic E-state index is 0.298. The second-order valence-corrected chi connectivity index (χ2v) is 12.6. The van der Waals surface area contributed by atoms with Gasteiger partial charge in [-0.05, 0) is 124 Å². The number of hydrogen-bond donors (Lipinski definition) is 2. The van der Waals surface area contributed by atoms with Crippen molar-refractivity contribution >= 4 is 11.4 Å². The molecule has 0 amide bonds. The lowest BCUT2D eigenvalue weighted by Gasteiger charge is -2.36. The lowest BCUT2D eigenvalue weighted by Crippen LogP contribution is -2.46. The molecule has 2 N–H and O–H groups in total. The lowest BCUT2D eigenvalue weighted by atomic mass is 9.87. The van der Waals surface area contributed by atoms with Gasteiger partial charge in [-0.1, -0.05) is 29.8 Å². The highest BCUT2D eigenvalue weighted by molar-refractivity contribution is 5.52. The van der Waals surface area contributed by atoms with E-state index in [1.807, 2.05) is 0 Å². The summed E-state index contributed by atoms with van der Waals surface area (Å²) in [5.41, 5.74) is 9.56. The fourth-order valence-electron chi connectivity index (χ4n) is 6.98. The highest BCUT2D eigenvalue weighted by Gasteiger charge is 2.26. The third kappa shape index (κ3) is 6.73. The summed E-state index contributed by atoms with van der Waals surface area (Å²) in [5, 5.41) is 7.60. The Labute approximate surface area is 247 Å². The molecule has 0 bridgehead atoms. The Balaban J connectivity index is 1.09. The summed E-state index contributed by atoms with van der Waals surface area (Å²) in [6.45, 7) is 13.8. The molecular weight excluding hydrogens is 504 g/mol. The Morgan fingerprint density at radius 1 is 0.707 bits per heavy atom. The largest absolute Gasteiger partial charge is 0.493 e. The van der Waals surface area contributed by atoms with E-state index in [1.165, 1.54) is 71.5 Å². The van der Waals surface area contributed by atoms with Crippen LogP contribution < -0.4 is 25.2 Å². The quantitative estimate of drug-likeness (QED) is 0.335. The number of hydrogen-bond acceptors (Lipinski definition) is 5. The fraction of sp³-hybridized carbons (Fsp3) is 0.500. The monoisotopic (exact) mass is 552 g/mol. The third-order valence-electron chi connectivity index (χ3n) is 9.56. The second-order valence-electron chi connectivity index (χ2n) is 12.6. The Kier molecular flexibility index (Phi) is 8.83. The maximum atomic E-state index is 6.51. The van der Waals surface area contributed by atoms with Gasteiger partial charge in [0.25, 0.3) is 0 Å². The fourth-order valence-corrected chi connectivity index (χ4v) is 6.98. The Hall–Kier alpha value is -3.02. The molecule has 5 heteroatoms. The summed E-state index contributed by atoms with van der Waals surface area (Å²) in [4.78, 5) is 5.08. The van der Waals surface area contributed by atoms with Gasteiger partial charge in [-0.2, -0.15) is 0 Å². The number of nitrogens with zero attached hydrogens (tertiary/aromatic N) is 2. The van der Waals surface area contributed by atoms with Gasteiger partial charge in [-0.3, -0.25) is 0 Å². The van der Waals surface area contributed by atoms with Crippen LogP contribution in [0.15, 0.2) is 60.7 Å². The van der Waals surface area contributed by atoms with Crippen molar-refractivity contribution in [2.45, 2.75) is 65.0 Å². The van der Waals surface area contributed by atoms with E-state index in [0.29, 0.717) is 18.0 Å². The Bertz CT molecular complexity index is 1300. The summed E-state index contributed by atoms with van der Waals surface area (Å²) in [5.74, 6) is 1.55. The minimum absolute atomic E-state index is 0.298. The molecule has 3 aliphatic heterocycles. The summed E-state index contributed by atoms with van der Waals surface area (Å²) >= 11 is 0. The molecule has 6 rings (SSSR count). The standard InChI is InChI=1S/C36H48N4O/c1-26-7-11-30(12-8-26)40-20-17-38-36(24-40)34-23-32(14-10-28(34)3)41-25-29-15-16-37-35(21-29)33-22-31(13-9-27(33)2)39-18-5-4-6-19-39/h7-14,22-23,29,35-38H,4-6,15-21,24-25H2,1-3H3. The molecule has 3 heterocycles. The molecule has 218 valence electrons. The van der Waals surface area contributed by atoms with Gasteiger partial charge >= 0.3 is 0 Å². The summed E-state index contributed by atoms with van der Waals surface area (Å²) < 4.78 is 6.51. The van der Waals surface area contributed by atoms with Crippen molar-refractivity contribution in [3.8, 4) is 5.75 Å². The number of ether oxygens (including phenoxy) is 1. The van der Waals surface area contributed by atoms with E-state index in [2.05, 4.69) is 102 Å². The number of rotatable bonds is 7. The van der Waals surface area contributed by atoms with Gasteiger partial charge in [0.05, 0.1) is 12.6 Å². The summed E-state index contributed by atoms with van der Waals surface area (Å²) in [6, 6.07) is 23.4. The molecule has 3 aliphatic rings. The zero-order valence-corrected chi connectivity index (χ0v) is 25.3. The number of aryl methyl sites for hydroxylation is 3. The molecule has 3 atom stereocenters. The molecule has 5 nitrogen and oxygen atoms in total. The van der Waals surface area contributed by atoms with Crippen molar-refractivity contribution in [2.75, 3.05) is 55.7 Å². The van der Waals surface area contributed by atoms with Gasteiger partial charge in [0, 0.05) is 50.1 Å². The average Bonchev–Trinajstić information content (AvgIpc) is 3.02. The van der Waals surface area contributed by atoms with E-state index in [4.69, 9.17) is 4.74 Å². The maximum absolute atomic E-state index is 6.51. The van der Waals surface area contributed by atoms with Crippen molar-refractivity contribution in [1.82, 2.24) is 10.6 Å². The first-order valence-corrected chi connectivity index (χ1v) is 15.9. The zero-order valence-electron chi connectivity index (χ0n) is 25.3. The van der Waals surface area contributed by atoms with Crippen LogP contribution in [0.2, 0.25) is 0 Å². The van der Waals surface area contributed by atoms with Gasteiger partial charge in [-0.25, -0.2) is 0 Å². The normalized spacial score (nSPS) is 23.4. The van der Waals surface area contributed by atoms with Crippen LogP contribution in [0.25, 0.3) is 0 Å². The average molecular weight is 553 g/mol. The minimum Gasteiger partial charge on any atom is -0.493 e. The molecule has 41 heavy (non-hydrogen) atoms. The second kappa shape index (κ2) is 12.9. The van der Waals surface area contributed by atoms with E-state index < -0.39 is 0 Å². The van der Waals surface area contributed by atoms with Crippen molar-refractivity contribution in [3.63, 3.8) is 0 Å². The highest BCUT2D eigenvalue weighted by Crippen LogP contribution is 2.34. The summed E-state index contributed by atoms with van der Waals surface area (Å²) in [6.07, 6.45) is 6.28. The van der Waals surface area contributed by atoms with Crippen LogP contribution in [0.3, 0.4) is 0 Å². The first-order valence-electron chi connectivity index (χ1n) is 15.9. The molecule has 0 radical (unpaired) electrons. The maximum Gasteiger partial charge on any atom is 0.119 e. The number of piperazine rings is 1. The van der Waals surface area contributed by atoms with Crippen molar-refractivity contribution in [2.24, 2.45) is 5.92 Å². The first kappa shape index (κ1) is 28.1. The topological polar surface area (TPSA) is 39.8 Å².